The van der Waals surface area contributed by atoms with Gasteiger partial charge < -0.3 is 18.9 Å². The van der Waals surface area contributed by atoms with Gasteiger partial charge >= 0.3 is 0 Å². The van der Waals surface area contributed by atoms with Crippen molar-refractivity contribution in [2.45, 2.75) is 51.2 Å². The number of piperidine rings is 1. The van der Waals surface area contributed by atoms with Crippen LogP contribution in [0.2, 0.25) is 0 Å². The van der Waals surface area contributed by atoms with Crippen LogP contribution in [0, 0.1) is 11.7 Å². The van der Waals surface area contributed by atoms with Crippen LogP contribution in [0.3, 0.4) is 0 Å². The van der Waals surface area contributed by atoms with Crippen LogP contribution in [0.15, 0.2) is 67.4 Å². The van der Waals surface area contributed by atoms with E-state index in [1.165, 1.54) is 5.69 Å². The van der Waals surface area contributed by atoms with Crippen LogP contribution in [0.5, 0.6) is 0 Å². The SMILES string of the molecule is CC1(C)OC[C@H](Cn2cc(-c3ccc(N4CCC(C5c6c(F)cccc6-c6cncn65)CC4)cc3)cn2)O1. The van der Waals surface area contributed by atoms with Crippen LogP contribution >= 0.6 is 0 Å². The Kier molecular flexibility index (Phi) is 5.63. The van der Waals surface area contributed by atoms with Crippen LogP contribution in [-0.2, 0) is 16.0 Å². The summed E-state index contributed by atoms with van der Waals surface area (Å²) >= 11 is 0. The van der Waals surface area contributed by atoms with Gasteiger partial charge in [0, 0.05) is 41.7 Å². The van der Waals surface area contributed by atoms with E-state index in [0.717, 1.165) is 53.9 Å². The number of anilines is 1. The molecule has 0 saturated carbocycles. The number of ether oxygens (including phenoxy) is 2. The first-order chi connectivity index (χ1) is 18.4. The second-order valence-corrected chi connectivity index (χ2v) is 11.1. The summed E-state index contributed by atoms with van der Waals surface area (Å²) in [7, 11) is 0. The molecule has 0 spiro atoms. The summed E-state index contributed by atoms with van der Waals surface area (Å²) in [4.78, 5) is 6.80. The zero-order valence-corrected chi connectivity index (χ0v) is 21.8. The number of fused-ring (bicyclic) bond motifs is 3. The predicted molar refractivity (Wildman–Crippen MR) is 143 cm³/mol. The number of hydrogen-bond acceptors (Lipinski definition) is 5. The summed E-state index contributed by atoms with van der Waals surface area (Å²) in [6.07, 6.45) is 9.72. The van der Waals surface area contributed by atoms with Crippen molar-refractivity contribution in [3.8, 4) is 22.4 Å². The highest BCUT2D eigenvalue weighted by Gasteiger charge is 2.38. The van der Waals surface area contributed by atoms with Crippen molar-refractivity contribution >= 4 is 5.69 Å². The molecular weight excluding hydrogens is 481 g/mol. The Hall–Kier alpha value is -3.49. The third-order valence-corrected chi connectivity index (χ3v) is 8.23. The molecule has 0 amide bonds. The molecule has 5 heterocycles. The number of nitrogens with zero attached hydrogens (tertiary/aromatic N) is 5. The highest BCUT2D eigenvalue weighted by Crippen LogP contribution is 2.47. The molecule has 196 valence electrons. The molecule has 2 fully saturated rings. The van der Waals surface area contributed by atoms with E-state index in [0.29, 0.717) is 19.1 Å². The van der Waals surface area contributed by atoms with Crippen molar-refractivity contribution in [1.29, 1.82) is 0 Å². The Balaban J connectivity index is 1.01. The quantitative estimate of drug-likeness (QED) is 0.352. The molecule has 0 N–H and O–H groups in total. The van der Waals surface area contributed by atoms with Gasteiger partial charge in [0.05, 0.1) is 43.6 Å². The molecule has 3 aliphatic rings. The average Bonchev–Trinajstić information content (AvgIpc) is 3.70. The summed E-state index contributed by atoms with van der Waals surface area (Å²) in [6.45, 7) is 7.03. The summed E-state index contributed by atoms with van der Waals surface area (Å²) in [6, 6.07) is 14.2. The summed E-state index contributed by atoms with van der Waals surface area (Å²) in [5.41, 5.74) is 6.31. The van der Waals surface area contributed by atoms with E-state index in [4.69, 9.17) is 9.47 Å². The lowest BCUT2D eigenvalue weighted by Crippen LogP contribution is -2.36. The van der Waals surface area contributed by atoms with Gasteiger partial charge in [-0.2, -0.15) is 5.10 Å². The molecule has 0 bridgehead atoms. The van der Waals surface area contributed by atoms with Crippen LogP contribution in [0.4, 0.5) is 10.1 Å². The third kappa shape index (κ3) is 4.12. The van der Waals surface area contributed by atoms with Gasteiger partial charge in [0.1, 0.15) is 11.9 Å². The summed E-state index contributed by atoms with van der Waals surface area (Å²) in [5.74, 6) is -0.252. The van der Waals surface area contributed by atoms with Crippen LogP contribution in [0.1, 0.15) is 38.3 Å². The molecule has 2 aromatic carbocycles. The minimum absolute atomic E-state index is 0.0117. The van der Waals surface area contributed by atoms with E-state index < -0.39 is 5.79 Å². The number of rotatable bonds is 5. The Morgan fingerprint density at radius 2 is 1.84 bits per heavy atom. The first kappa shape index (κ1) is 23.6. The summed E-state index contributed by atoms with van der Waals surface area (Å²) < 4.78 is 30.6. The largest absolute Gasteiger partial charge is 0.372 e. The van der Waals surface area contributed by atoms with Gasteiger partial charge in [0.15, 0.2) is 5.79 Å². The number of aromatic nitrogens is 4. The molecule has 38 heavy (non-hydrogen) atoms. The Bertz CT molecular complexity index is 1450. The van der Waals surface area contributed by atoms with Crippen molar-refractivity contribution in [2.24, 2.45) is 5.92 Å². The fraction of sp³-hybridized carbons (Fsp3) is 0.400. The van der Waals surface area contributed by atoms with Crippen molar-refractivity contribution in [2.75, 3.05) is 24.6 Å². The molecule has 7 rings (SSSR count). The highest BCUT2D eigenvalue weighted by atomic mass is 19.1. The van der Waals surface area contributed by atoms with Gasteiger partial charge in [-0.15, -0.1) is 0 Å². The van der Waals surface area contributed by atoms with E-state index >= 15 is 0 Å². The third-order valence-electron chi connectivity index (χ3n) is 8.23. The normalized spacial score (nSPS) is 22.6. The number of halogens is 1. The molecule has 2 atom stereocenters. The van der Waals surface area contributed by atoms with Gasteiger partial charge in [-0.25, -0.2) is 9.37 Å². The first-order valence-electron chi connectivity index (χ1n) is 13.5. The number of benzene rings is 2. The lowest BCUT2D eigenvalue weighted by molar-refractivity contribution is -0.139. The standard InChI is InChI=1S/C30H32FN5O2/c1-30(2)37-18-24(38-30)17-35-16-22(14-33-35)20-6-8-23(9-7-20)34-12-10-21(11-13-34)29-28-25(4-3-5-26(28)31)27-15-32-19-36(27)29/h3-9,14-16,19,21,24,29H,10-13,17-18H2,1-2H3/t24-,29?/m0/s1. The van der Waals surface area contributed by atoms with E-state index in [1.54, 1.807) is 12.1 Å². The second-order valence-electron chi connectivity index (χ2n) is 11.1. The maximum atomic E-state index is 14.9. The van der Waals surface area contributed by atoms with Gasteiger partial charge in [-0.3, -0.25) is 4.68 Å². The molecule has 2 aromatic heterocycles. The summed E-state index contributed by atoms with van der Waals surface area (Å²) in [5, 5.41) is 4.53. The lowest BCUT2D eigenvalue weighted by Gasteiger charge is -2.37. The molecule has 3 aliphatic heterocycles. The van der Waals surface area contributed by atoms with E-state index in [1.807, 2.05) is 43.3 Å². The number of hydrogen-bond donors (Lipinski definition) is 0. The topological polar surface area (TPSA) is 57.3 Å². The lowest BCUT2D eigenvalue weighted by atomic mass is 9.85. The molecule has 0 radical (unpaired) electrons. The molecular formula is C30H32FN5O2. The fourth-order valence-electron chi connectivity index (χ4n) is 6.41. The smallest absolute Gasteiger partial charge is 0.163 e. The minimum Gasteiger partial charge on any atom is -0.372 e. The van der Waals surface area contributed by atoms with Crippen molar-refractivity contribution in [3.05, 3.63) is 78.8 Å². The average molecular weight is 514 g/mol. The van der Waals surface area contributed by atoms with Gasteiger partial charge in [-0.1, -0.05) is 24.3 Å². The van der Waals surface area contributed by atoms with Gasteiger partial charge in [-0.05, 0) is 56.4 Å². The number of imidazole rings is 1. The van der Waals surface area contributed by atoms with E-state index in [9.17, 15) is 4.39 Å². The molecule has 7 nitrogen and oxygen atoms in total. The first-order valence-corrected chi connectivity index (χ1v) is 13.5. The van der Waals surface area contributed by atoms with Crippen LogP contribution in [-0.4, -0.2) is 50.9 Å². The minimum atomic E-state index is -0.523. The Morgan fingerprint density at radius 1 is 1.03 bits per heavy atom. The maximum absolute atomic E-state index is 14.9. The van der Waals surface area contributed by atoms with E-state index in [2.05, 4.69) is 50.0 Å². The fourth-order valence-corrected chi connectivity index (χ4v) is 6.41. The molecule has 0 aliphatic carbocycles. The Morgan fingerprint density at radius 3 is 2.61 bits per heavy atom. The molecule has 8 heteroatoms. The van der Waals surface area contributed by atoms with Gasteiger partial charge in [0.2, 0.25) is 0 Å². The van der Waals surface area contributed by atoms with Crippen LogP contribution in [0.25, 0.3) is 22.4 Å². The van der Waals surface area contributed by atoms with Crippen LogP contribution < -0.4 is 4.90 Å². The monoisotopic (exact) mass is 513 g/mol. The van der Waals surface area contributed by atoms with Crippen molar-refractivity contribution < 1.29 is 13.9 Å². The van der Waals surface area contributed by atoms with E-state index in [-0.39, 0.29) is 18.0 Å². The zero-order valence-electron chi connectivity index (χ0n) is 21.8. The van der Waals surface area contributed by atoms with Crippen molar-refractivity contribution in [1.82, 2.24) is 19.3 Å². The van der Waals surface area contributed by atoms with Crippen molar-refractivity contribution in [3.63, 3.8) is 0 Å². The molecule has 4 aromatic rings. The van der Waals surface area contributed by atoms with Gasteiger partial charge in [0.25, 0.3) is 0 Å². The molecule has 2 saturated heterocycles. The molecule has 1 unspecified atom stereocenters. The maximum Gasteiger partial charge on any atom is 0.163 e. The predicted octanol–water partition coefficient (Wildman–Crippen LogP) is 5.52. The zero-order chi connectivity index (χ0) is 25.9. The Labute approximate surface area is 221 Å². The second kappa shape index (κ2) is 9.06. The highest BCUT2D eigenvalue weighted by molar-refractivity contribution is 5.69.